The van der Waals surface area contributed by atoms with Gasteiger partial charge in [0.25, 0.3) is 5.91 Å². The number of carbonyl (C=O) groups excluding carboxylic acids is 1. The maximum absolute atomic E-state index is 13.4. The van der Waals surface area contributed by atoms with Crippen LogP contribution in [0.1, 0.15) is 38.3 Å². The van der Waals surface area contributed by atoms with Crippen molar-refractivity contribution in [2.45, 2.75) is 46.0 Å². The highest BCUT2D eigenvalue weighted by atomic mass is 35.5. The smallest absolute Gasteiger partial charge is 0.271 e. The highest BCUT2D eigenvalue weighted by molar-refractivity contribution is 8.19. The average molecular weight is 501 g/mol. The van der Waals surface area contributed by atoms with Gasteiger partial charge in [-0.2, -0.15) is 0 Å². The van der Waals surface area contributed by atoms with Crippen LogP contribution in [0.4, 0.5) is 5.69 Å². The van der Waals surface area contributed by atoms with E-state index in [1.807, 2.05) is 63.2 Å². The van der Waals surface area contributed by atoms with E-state index in [4.69, 9.17) is 25.8 Å². The molecule has 0 radical (unpaired) electrons. The predicted molar refractivity (Wildman–Crippen MR) is 139 cm³/mol. The van der Waals surface area contributed by atoms with Crippen LogP contribution in [-0.2, 0) is 14.3 Å². The Bertz CT molecular complexity index is 1130. The van der Waals surface area contributed by atoms with Crippen molar-refractivity contribution >= 4 is 46.2 Å². The maximum Gasteiger partial charge on any atom is 0.271 e. The molecule has 0 spiro atoms. The molecular formula is C26H29ClN2O4S. The topological polar surface area (TPSA) is 60.4 Å². The number of amides is 1. The second kappa shape index (κ2) is 10.5. The van der Waals surface area contributed by atoms with Crippen molar-refractivity contribution in [2.24, 2.45) is 4.99 Å². The fraction of sp³-hybridized carbons (Fsp3) is 0.385. The molecule has 1 amide bonds. The monoisotopic (exact) mass is 500 g/mol. The number of nitrogens with zero attached hydrogens (tertiary/aromatic N) is 2. The van der Waals surface area contributed by atoms with Crippen molar-refractivity contribution in [3.63, 3.8) is 0 Å². The molecule has 2 fully saturated rings. The molecule has 0 aromatic heterocycles. The Labute approximate surface area is 209 Å². The van der Waals surface area contributed by atoms with Gasteiger partial charge in [0, 0.05) is 6.54 Å². The van der Waals surface area contributed by atoms with Gasteiger partial charge in [-0.05, 0) is 74.4 Å². The van der Waals surface area contributed by atoms with Crippen molar-refractivity contribution in [1.29, 1.82) is 0 Å². The summed E-state index contributed by atoms with van der Waals surface area (Å²) in [6, 6.07) is 13.3. The predicted octanol–water partition coefficient (Wildman–Crippen LogP) is 6.07. The van der Waals surface area contributed by atoms with Crippen LogP contribution in [0, 0.1) is 6.92 Å². The number of carbonyl (C=O) groups is 1. The molecule has 0 aliphatic carbocycles. The zero-order valence-electron chi connectivity index (χ0n) is 19.8. The molecule has 4 rings (SSSR count). The van der Waals surface area contributed by atoms with Gasteiger partial charge >= 0.3 is 0 Å². The standard InChI is InChI=1S/C26H29ClN2O4S/c1-5-12-28-25-29(21-9-7-6-8-17(21)2)24(30)23(34-25)14-18-10-11-22(20(27)13-18)31-15-19-16-32-26(3,4)33-19/h6-11,13-14,19H,5,12,15-16H2,1-4H3/b23-14-,28-25?. The fourth-order valence-corrected chi connectivity index (χ4v) is 4.96. The quantitative estimate of drug-likeness (QED) is 0.432. The highest BCUT2D eigenvalue weighted by Crippen LogP contribution is 2.38. The number of ether oxygens (including phenoxy) is 3. The number of anilines is 1. The molecule has 2 saturated heterocycles. The first-order valence-electron chi connectivity index (χ1n) is 11.4. The third kappa shape index (κ3) is 5.66. The summed E-state index contributed by atoms with van der Waals surface area (Å²) in [5, 5.41) is 1.17. The number of thioether (sulfide) groups is 1. The normalized spacial score (nSPS) is 22.2. The lowest BCUT2D eigenvalue weighted by Crippen LogP contribution is -2.29. The molecule has 2 aliphatic rings. The zero-order valence-corrected chi connectivity index (χ0v) is 21.4. The van der Waals surface area contributed by atoms with Crippen LogP contribution < -0.4 is 9.64 Å². The molecule has 34 heavy (non-hydrogen) atoms. The molecule has 1 unspecified atom stereocenters. The van der Waals surface area contributed by atoms with Crippen LogP contribution >= 0.6 is 23.4 Å². The summed E-state index contributed by atoms with van der Waals surface area (Å²) in [5.41, 5.74) is 2.68. The van der Waals surface area contributed by atoms with Crippen LogP contribution in [0.15, 0.2) is 52.4 Å². The Balaban J connectivity index is 1.52. The molecule has 8 heteroatoms. The first-order chi connectivity index (χ1) is 16.3. The van der Waals surface area contributed by atoms with E-state index in [0.29, 0.717) is 40.6 Å². The molecule has 2 aromatic carbocycles. The molecule has 0 bridgehead atoms. The summed E-state index contributed by atoms with van der Waals surface area (Å²) >= 11 is 7.87. The van der Waals surface area contributed by atoms with Gasteiger partial charge in [-0.25, -0.2) is 0 Å². The lowest BCUT2D eigenvalue weighted by molar-refractivity contribution is -0.141. The third-order valence-electron chi connectivity index (χ3n) is 5.38. The number of benzene rings is 2. The van der Waals surface area contributed by atoms with Crippen molar-refractivity contribution in [3.05, 3.63) is 63.5 Å². The van der Waals surface area contributed by atoms with Crippen LogP contribution in [-0.4, -0.2) is 42.7 Å². The van der Waals surface area contributed by atoms with Crippen molar-refractivity contribution in [3.8, 4) is 5.75 Å². The van der Waals surface area contributed by atoms with Gasteiger partial charge in [-0.1, -0.05) is 42.8 Å². The number of hydrogen-bond acceptors (Lipinski definition) is 6. The maximum atomic E-state index is 13.4. The number of halogens is 1. The molecule has 1 atom stereocenters. The Morgan fingerprint density at radius 1 is 1.29 bits per heavy atom. The molecule has 6 nitrogen and oxygen atoms in total. The van der Waals surface area contributed by atoms with Crippen molar-refractivity contribution in [2.75, 3.05) is 24.7 Å². The Morgan fingerprint density at radius 2 is 2.09 bits per heavy atom. The summed E-state index contributed by atoms with van der Waals surface area (Å²) in [6.45, 7) is 9.31. The van der Waals surface area contributed by atoms with Crippen LogP contribution in [0.25, 0.3) is 6.08 Å². The van der Waals surface area contributed by atoms with E-state index in [-0.39, 0.29) is 12.0 Å². The Morgan fingerprint density at radius 3 is 2.76 bits per heavy atom. The summed E-state index contributed by atoms with van der Waals surface area (Å²) in [6.07, 6.45) is 2.61. The molecule has 180 valence electrons. The Hall–Kier alpha value is -2.32. The van der Waals surface area contributed by atoms with Gasteiger partial charge in [0.15, 0.2) is 11.0 Å². The molecule has 2 aliphatic heterocycles. The van der Waals surface area contributed by atoms with Crippen LogP contribution in [0.5, 0.6) is 5.75 Å². The molecule has 2 aromatic rings. The van der Waals surface area contributed by atoms with E-state index >= 15 is 0 Å². The first-order valence-corrected chi connectivity index (χ1v) is 12.5. The van der Waals surface area contributed by atoms with E-state index < -0.39 is 5.79 Å². The minimum absolute atomic E-state index is 0.0911. The van der Waals surface area contributed by atoms with Gasteiger partial charge < -0.3 is 14.2 Å². The Kier molecular flexibility index (Phi) is 7.67. The summed E-state index contributed by atoms with van der Waals surface area (Å²) in [7, 11) is 0. The molecule has 2 heterocycles. The van der Waals surface area contributed by atoms with E-state index in [1.165, 1.54) is 11.8 Å². The first kappa shape index (κ1) is 24.8. The van der Waals surface area contributed by atoms with Crippen molar-refractivity contribution in [1.82, 2.24) is 0 Å². The van der Waals surface area contributed by atoms with Crippen LogP contribution in [0.3, 0.4) is 0 Å². The number of rotatable bonds is 7. The minimum Gasteiger partial charge on any atom is -0.489 e. The SMILES string of the molecule is CCCN=C1S/C(=C\c2ccc(OCC3COC(C)(C)O3)c(Cl)c2)C(=O)N1c1ccccc1C. The molecule has 0 N–H and O–H groups in total. The van der Waals surface area contributed by atoms with Gasteiger partial charge in [0.05, 0.1) is 22.2 Å². The number of aryl methyl sites for hydroxylation is 1. The molecule has 0 saturated carbocycles. The number of para-hydroxylation sites is 1. The second-order valence-corrected chi connectivity index (χ2v) is 10.1. The summed E-state index contributed by atoms with van der Waals surface area (Å²) in [4.78, 5) is 20.3. The average Bonchev–Trinajstić information content (AvgIpc) is 3.30. The number of hydrogen-bond donors (Lipinski definition) is 0. The van der Waals surface area contributed by atoms with E-state index in [2.05, 4.69) is 11.9 Å². The van der Waals surface area contributed by atoms with Gasteiger partial charge in [-0.15, -0.1) is 0 Å². The molecular weight excluding hydrogens is 472 g/mol. The van der Waals surface area contributed by atoms with Gasteiger partial charge in [0.2, 0.25) is 0 Å². The summed E-state index contributed by atoms with van der Waals surface area (Å²) < 4.78 is 17.2. The van der Waals surface area contributed by atoms with Gasteiger partial charge in [-0.3, -0.25) is 14.7 Å². The fourth-order valence-electron chi connectivity index (χ4n) is 3.72. The van der Waals surface area contributed by atoms with E-state index in [0.717, 1.165) is 23.2 Å². The lowest BCUT2D eigenvalue weighted by Gasteiger charge is -2.18. The minimum atomic E-state index is -0.592. The number of aliphatic imine (C=N–C) groups is 1. The lowest BCUT2D eigenvalue weighted by atomic mass is 10.1. The summed E-state index contributed by atoms with van der Waals surface area (Å²) in [5.74, 6) is -0.119. The largest absolute Gasteiger partial charge is 0.489 e. The third-order valence-corrected chi connectivity index (χ3v) is 6.68. The van der Waals surface area contributed by atoms with E-state index in [1.54, 1.807) is 11.0 Å². The second-order valence-electron chi connectivity index (χ2n) is 8.65. The number of amidine groups is 1. The van der Waals surface area contributed by atoms with Crippen LogP contribution in [0.2, 0.25) is 5.02 Å². The highest BCUT2D eigenvalue weighted by Gasteiger charge is 2.35. The van der Waals surface area contributed by atoms with E-state index in [9.17, 15) is 4.79 Å². The van der Waals surface area contributed by atoms with Gasteiger partial charge in [0.1, 0.15) is 18.5 Å². The zero-order chi connectivity index (χ0) is 24.3. The van der Waals surface area contributed by atoms with Crippen molar-refractivity contribution < 1.29 is 19.0 Å².